The lowest BCUT2D eigenvalue weighted by Crippen LogP contribution is -2.45. The van der Waals surface area contributed by atoms with E-state index in [9.17, 15) is 14.4 Å². The lowest BCUT2D eigenvalue weighted by Gasteiger charge is -2.34. The first-order valence-electron chi connectivity index (χ1n) is 6.26. The number of methoxy groups -OCH3 is 1. The van der Waals surface area contributed by atoms with Crippen LogP contribution in [-0.4, -0.2) is 28.2 Å². The van der Waals surface area contributed by atoms with Crippen molar-refractivity contribution in [2.45, 2.75) is 39.5 Å². The Labute approximate surface area is 116 Å². The van der Waals surface area contributed by atoms with Crippen molar-refractivity contribution in [2.75, 3.05) is 7.11 Å². The number of hydrogen-bond acceptors (Lipinski definition) is 5. The van der Waals surface area contributed by atoms with Crippen molar-refractivity contribution in [3.05, 3.63) is 33.1 Å². The average Bonchev–Trinajstić information content (AvgIpc) is 2.31. The number of carbonyl (C=O) groups is 1. The van der Waals surface area contributed by atoms with Crippen LogP contribution >= 0.6 is 0 Å². The highest BCUT2D eigenvalue weighted by atomic mass is 16.6. The molecule has 0 saturated heterocycles. The van der Waals surface area contributed by atoms with Gasteiger partial charge in [-0.2, -0.15) is 0 Å². The second-order valence-electron chi connectivity index (χ2n) is 5.28. The summed E-state index contributed by atoms with van der Waals surface area (Å²) in [7, 11) is 1.40. The molecule has 7 heteroatoms. The predicted molar refractivity (Wildman–Crippen MR) is 72.4 cm³/mol. The normalized spacial score (nSPS) is 13.3. The summed E-state index contributed by atoms with van der Waals surface area (Å²) < 4.78 is 11.8. The van der Waals surface area contributed by atoms with Crippen LogP contribution in [0.3, 0.4) is 0 Å². The Balaban J connectivity index is 3.14. The van der Waals surface area contributed by atoms with Gasteiger partial charge in [-0.15, -0.1) is 0 Å². The van der Waals surface area contributed by atoms with Crippen LogP contribution in [0.15, 0.2) is 21.9 Å². The molecule has 112 valence electrons. The van der Waals surface area contributed by atoms with Gasteiger partial charge in [-0.05, 0) is 13.8 Å². The van der Waals surface area contributed by atoms with Crippen molar-refractivity contribution in [1.29, 1.82) is 0 Å². The molecule has 0 saturated carbocycles. The fourth-order valence-corrected chi connectivity index (χ4v) is 1.77. The van der Waals surface area contributed by atoms with Crippen LogP contribution in [-0.2, 0) is 14.3 Å². The summed E-state index contributed by atoms with van der Waals surface area (Å²) >= 11 is 0. The number of ether oxygens (including phenoxy) is 2. The number of esters is 1. The average molecular weight is 284 g/mol. The molecule has 0 aliphatic heterocycles. The highest BCUT2D eigenvalue weighted by molar-refractivity contribution is 5.72. The summed E-state index contributed by atoms with van der Waals surface area (Å²) in [5.74, 6) is -0.686. The molecule has 0 aromatic carbocycles. The minimum absolute atomic E-state index is 0.293. The predicted octanol–water partition coefficient (Wildman–Crippen LogP) is 0.659. The first-order valence-corrected chi connectivity index (χ1v) is 6.26. The van der Waals surface area contributed by atoms with E-state index in [0.29, 0.717) is 0 Å². The molecule has 1 aromatic heterocycles. The molecule has 20 heavy (non-hydrogen) atoms. The monoisotopic (exact) mass is 284 g/mol. The summed E-state index contributed by atoms with van der Waals surface area (Å²) in [6.07, 6.45) is 0.454. The van der Waals surface area contributed by atoms with Gasteiger partial charge in [-0.1, -0.05) is 13.8 Å². The van der Waals surface area contributed by atoms with Crippen molar-refractivity contribution < 1.29 is 14.3 Å². The number of rotatable bonds is 5. The third kappa shape index (κ3) is 3.57. The molecule has 1 atom stereocenters. The van der Waals surface area contributed by atoms with Crippen LogP contribution in [0.5, 0.6) is 0 Å². The first kappa shape index (κ1) is 16.2. The van der Waals surface area contributed by atoms with Crippen molar-refractivity contribution in [1.82, 2.24) is 9.55 Å². The molecule has 1 heterocycles. The van der Waals surface area contributed by atoms with Gasteiger partial charge in [0, 0.05) is 19.4 Å². The van der Waals surface area contributed by atoms with Gasteiger partial charge in [0.05, 0.1) is 5.92 Å². The summed E-state index contributed by atoms with van der Waals surface area (Å²) in [6, 6.07) is 1.20. The van der Waals surface area contributed by atoms with Crippen molar-refractivity contribution >= 4 is 5.97 Å². The number of nitrogens with one attached hydrogen (secondary N) is 1. The molecular formula is C13H20N2O5. The van der Waals surface area contributed by atoms with Crippen molar-refractivity contribution in [3.8, 4) is 0 Å². The van der Waals surface area contributed by atoms with Crippen molar-refractivity contribution in [3.63, 3.8) is 0 Å². The Morgan fingerprint density at radius 1 is 1.35 bits per heavy atom. The molecule has 0 radical (unpaired) electrons. The Hall–Kier alpha value is -1.89. The molecule has 7 nitrogen and oxygen atoms in total. The quantitative estimate of drug-likeness (QED) is 0.802. The Bertz CT molecular complexity index is 585. The molecule has 1 N–H and O–H groups in total. The zero-order valence-corrected chi connectivity index (χ0v) is 12.3. The molecule has 0 fully saturated rings. The zero-order chi connectivity index (χ0) is 15.5. The fraction of sp³-hybridized carbons (Fsp3) is 0.615. The summed E-state index contributed by atoms with van der Waals surface area (Å²) in [5.41, 5.74) is -2.20. The maximum Gasteiger partial charge on any atom is 0.330 e. The lowest BCUT2D eigenvalue weighted by atomic mass is 10.1. The van der Waals surface area contributed by atoms with E-state index in [1.807, 2.05) is 0 Å². The molecule has 1 rings (SSSR count). The van der Waals surface area contributed by atoms with Crippen LogP contribution in [0.2, 0.25) is 0 Å². The topological polar surface area (TPSA) is 90.4 Å². The van der Waals surface area contributed by atoms with E-state index in [1.165, 1.54) is 23.9 Å². The smallest absolute Gasteiger partial charge is 0.330 e. The minimum Gasteiger partial charge on any atom is -0.455 e. The van der Waals surface area contributed by atoms with E-state index < -0.39 is 29.0 Å². The lowest BCUT2D eigenvalue weighted by molar-refractivity contribution is -0.184. The molecule has 0 aliphatic carbocycles. The van der Waals surface area contributed by atoms with E-state index in [4.69, 9.17) is 9.47 Å². The number of aromatic amines is 1. The van der Waals surface area contributed by atoms with Gasteiger partial charge in [0.2, 0.25) is 0 Å². The van der Waals surface area contributed by atoms with Crippen LogP contribution in [0.4, 0.5) is 0 Å². The third-order valence-corrected chi connectivity index (χ3v) is 2.76. The van der Waals surface area contributed by atoms with Gasteiger partial charge < -0.3 is 9.47 Å². The second-order valence-corrected chi connectivity index (χ2v) is 5.28. The fourth-order valence-electron chi connectivity index (χ4n) is 1.77. The Morgan fingerprint density at radius 3 is 2.40 bits per heavy atom. The molecule has 0 spiro atoms. The Morgan fingerprint density at radius 2 is 1.95 bits per heavy atom. The van der Waals surface area contributed by atoms with E-state index >= 15 is 0 Å². The van der Waals surface area contributed by atoms with E-state index in [0.717, 1.165) is 0 Å². The standard InChI is InChI=1S/C13H20N2O5/c1-8(2)10(17)20-13(3,4)11(19-5)15-7-6-9(16)14-12(15)18/h6-8,11H,1-5H3,(H,14,16,18). The van der Waals surface area contributed by atoms with Crippen molar-refractivity contribution in [2.24, 2.45) is 5.92 Å². The van der Waals surface area contributed by atoms with E-state index in [-0.39, 0.29) is 5.92 Å². The maximum absolute atomic E-state index is 11.8. The number of hydrogen-bond donors (Lipinski definition) is 1. The third-order valence-electron chi connectivity index (χ3n) is 2.76. The highest BCUT2D eigenvalue weighted by Crippen LogP contribution is 2.26. The van der Waals surface area contributed by atoms with Crippen LogP contribution in [0.25, 0.3) is 0 Å². The van der Waals surface area contributed by atoms with Gasteiger partial charge >= 0.3 is 11.7 Å². The van der Waals surface area contributed by atoms with Gasteiger partial charge in [-0.25, -0.2) is 4.79 Å². The largest absolute Gasteiger partial charge is 0.455 e. The zero-order valence-electron chi connectivity index (χ0n) is 12.3. The molecule has 0 bridgehead atoms. The first-order chi connectivity index (χ1) is 9.19. The number of aromatic nitrogens is 2. The number of H-pyrrole nitrogens is 1. The molecule has 1 unspecified atom stereocenters. The second kappa shape index (κ2) is 6.04. The van der Waals surface area contributed by atoms with Gasteiger partial charge in [0.25, 0.3) is 5.56 Å². The van der Waals surface area contributed by atoms with Crippen LogP contribution < -0.4 is 11.2 Å². The minimum atomic E-state index is -1.07. The SMILES string of the molecule is COC(n1ccc(=O)[nH]c1=O)C(C)(C)OC(=O)C(C)C. The van der Waals surface area contributed by atoms with E-state index in [1.54, 1.807) is 27.7 Å². The molecular weight excluding hydrogens is 264 g/mol. The molecule has 0 aliphatic rings. The summed E-state index contributed by atoms with van der Waals surface area (Å²) in [6.45, 7) is 6.71. The number of carbonyl (C=O) groups excluding carboxylic acids is 1. The Kier molecular flexibility index (Phi) is 4.88. The summed E-state index contributed by atoms with van der Waals surface area (Å²) in [4.78, 5) is 36.7. The van der Waals surface area contributed by atoms with E-state index in [2.05, 4.69) is 4.98 Å². The van der Waals surface area contributed by atoms with Gasteiger partial charge in [-0.3, -0.25) is 19.1 Å². The highest BCUT2D eigenvalue weighted by Gasteiger charge is 2.36. The summed E-state index contributed by atoms with van der Waals surface area (Å²) in [5, 5.41) is 0. The van der Waals surface area contributed by atoms with Gasteiger partial charge in [0.1, 0.15) is 0 Å². The maximum atomic E-state index is 11.8. The number of nitrogens with zero attached hydrogens (tertiary/aromatic N) is 1. The van der Waals surface area contributed by atoms with Crippen LogP contribution in [0, 0.1) is 5.92 Å². The van der Waals surface area contributed by atoms with Crippen LogP contribution in [0.1, 0.15) is 33.9 Å². The molecule has 0 amide bonds. The molecule has 1 aromatic rings. The van der Waals surface area contributed by atoms with Gasteiger partial charge in [0.15, 0.2) is 11.8 Å².